The van der Waals surface area contributed by atoms with E-state index in [2.05, 4.69) is 31.8 Å². The monoisotopic (exact) mass is 173 g/mol. The Morgan fingerprint density at radius 2 is 2.08 bits per heavy atom. The van der Waals surface area contributed by atoms with Crippen LogP contribution in [-0.2, 0) is 0 Å². The average molecular weight is 173 g/mol. The summed E-state index contributed by atoms with van der Waals surface area (Å²) in [5.74, 6) is 6.17. The van der Waals surface area contributed by atoms with Gasteiger partial charge in [0.2, 0.25) is 0 Å². The molecule has 0 aliphatic heterocycles. The van der Waals surface area contributed by atoms with E-state index in [4.69, 9.17) is 5.73 Å². The molecule has 2 N–H and O–H groups in total. The highest BCUT2D eigenvalue weighted by molar-refractivity contribution is 5.44. The zero-order valence-electron chi connectivity index (χ0n) is 8.22. The van der Waals surface area contributed by atoms with Crippen molar-refractivity contribution in [3.8, 4) is 11.8 Å². The molecule has 1 rings (SSSR count). The molecular weight excluding hydrogens is 158 g/mol. The van der Waals surface area contributed by atoms with E-state index in [0.29, 0.717) is 6.54 Å². The van der Waals surface area contributed by atoms with Gasteiger partial charge >= 0.3 is 0 Å². The number of hydrogen-bond acceptors (Lipinski definition) is 1. The minimum absolute atomic E-state index is 0.637. The molecular formula is C12H15N. The molecule has 0 unspecified atom stereocenters. The third-order valence-corrected chi connectivity index (χ3v) is 2.10. The normalized spacial score (nSPS) is 9.15. The van der Waals surface area contributed by atoms with Crippen molar-refractivity contribution in [2.24, 2.45) is 5.73 Å². The lowest BCUT2D eigenvalue weighted by Gasteiger charge is -2.00. The predicted octanol–water partition coefficient (Wildman–Crippen LogP) is 2.00. The quantitative estimate of drug-likeness (QED) is 0.646. The van der Waals surface area contributed by atoms with Crippen LogP contribution >= 0.6 is 0 Å². The molecule has 68 valence electrons. The highest BCUT2D eigenvalue weighted by Gasteiger charge is 1.95. The van der Waals surface area contributed by atoms with Crippen molar-refractivity contribution in [1.29, 1.82) is 0 Å². The third-order valence-electron chi connectivity index (χ3n) is 2.10. The molecule has 0 atom stereocenters. The van der Waals surface area contributed by atoms with E-state index in [1.807, 2.05) is 12.1 Å². The smallest absolute Gasteiger partial charge is 0.0277 e. The number of nitrogens with two attached hydrogens (primary N) is 1. The Balaban J connectivity index is 2.91. The van der Waals surface area contributed by atoms with Gasteiger partial charge in [0.1, 0.15) is 0 Å². The van der Waals surface area contributed by atoms with Gasteiger partial charge in [-0.1, -0.05) is 24.0 Å². The van der Waals surface area contributed by atoms with Crippen LogP contribution in [0.2, 0.25) is 0 Å². The van der Waals surface area contributed by atoms with Crippen molar-refractivity contribution in [2.75, 3.05) is 6.54 Å². The van der Waals surface area contributed by atoms with E-state index < -0.39 is 0 Å². The second-order valence-electron chi connectivity index (χ2n) is 3.09. The summed E-state index contributed by atoms with van der Waals surface area (Å²) >= 11 is 0. The maximum Gasteiger partial charge on any atom is 0.0277 e. The molecule has 0 amide bonds. The van der Waals surface area contributed by atoms with Gasteiger partial charge in [-0.25, -0.2) is 0 Å². The van der Waals surface area contributed by atoms with Gasteiger partial charge in [-0.2, -0.15) is 0 Å². The Kier molecular flexibility index (Phi) is 3.54. The highest BCUT2D eigenvalue weighted by atomic mass is 14.5. The number of aryl methyl sites for hydroxylation is 1. The molecule has 0 heterocycles. The molecule has 1 heteroatoms. The van der Waals surface area contributed by atoms with Crippen molar-refractivity contribution >= 4 is 0 Å². The second kappa shape index (κ2) is 4.69. The minimum Gasteiger partial charge on any atom is -0.330 e. The molecule has 0 saturated heterocycles. The molecule has 0 fully saturated rings. The van der Waals surface area contributed by atoms with E-state index in [1.165, 1.54) is 11.1 Å². The first kappa shape index (κ1) is 9.83. The molecule has 1 aromatic rings. The lowest BCUT2D eigenvalue weighted by Crippen LogP contribution is -1.95. The van der Waals surface area contributed by atoms with E-state index in [1.54, 1.807) is 0 Å². The molecule has 0 aliphatic rings. The SMILES string of the molecule is Cc1cccc(C#CCCN)c1C. The molecule has 0 radical (unpaired) electrons. The highest BCUT2D eigenvalue weighted by Crippen LogP contribution is 2.10. The first-order valence-electron chi connectivity index (χ1n) is 4.51. The van der Waals surface area contributed by atoms with Gasteiger partial charge < -0.3 is 5.73 Å². The fourth-order valence-electron chi connectivity index (χ4n) is 1.12. The third kappa shape index (κ3) is 2.61. The Hall–Kier alpha value is -1.26. The summed E-state index contributed by atoms with van der Waals surface area (Å²) in [5, 5.41) is 0. The largest absolute Gasteiger partial charge is 0.330 e. The Morgan fingerprint density at radius 1 is 1.31 bits per heavy atom. The van der Waals surface area contributed by atoms with Crippen LogP contribution < -0.4 is 5.73 Å². The van der Waals surface area contributed by atoms with Crippen LogP contribution in [-0.4, -0.2) is 6.54 Å². The van der Waals surface area contributed by atoms with E-state index in [9.17, 15) is 0 Å². The van der Waals surface area contributed by atoms with Gasteiger partial charge in [0.15, 0.2) is 0 Å². The fourth-order valence-corrected chi connectivity index (χ4v) is 1.12. The Labute approximate surface area is 80.0 Å². The second-order valence-corrected chi connectivity index (χ2v) is 3.09. The molecule has 0 aliphatic carbocycles. The van der Waals surface area contributed by atoms with Gasteiger partial charge in [-0.15, -0.1) is 0 Å². The number of rotatable bonds is 1. The number of hydrogen-bond donors (Lipinski definition) is 1. The first-order chi connectivity index (χ1) is 6.25. The van der Waals surface area contributed by atoms with Crippen LogP contribution in [0.1, 0.15) is 23.1 Å². The van der Waals surface area contributed by atoms with Crippen LogP contribution in [0.3, 0.4) is 0 Å². The van der Waals surface area contributed by atoms with Crippen LogP contribution in [0.15, 0.2) is 18.2 Å². The Bertz CT molecular complexity index is 342. The molecule has 0 saturated carbocycles. The zero-order chi connectivity index (χ0) is 9.68. The van der Waals surface area contributed by atoms with E-state index >= 15 is 0 Å². The van der Waals surface area contributed by atoms with Gasteiger partial charge in [-0.3, -0.25) is 0 Å². The van der Waals surface area contributed by atoms with Crippen molar-refractivity contribution in [3.05, 3.63) is 34.9 Å². The maximum atomic E-state index is 5.36. The molecule has 13 heavy (non-hydrogen) atoms. The summed E-state index contributed by atoms with van der Waals surface area (Å²) in [4.78, 5) is 0. The maximum absolute atomic E-state index is 5.36. The van der Waals surface area contributed by atoms with Crippen molar-refractivity contribution < 1.29 is 0 Å². The lowest BCUT2D eigenvalue weighted by atomic mass is 10.0. The summed E-state index contributed by atoms with van der Waals surface area (Å²) in [6, 6.07) is 6.18. The van der Waals surface area contributed by atoms with Gasteiger partial charge in [-0.05, 0) is 31.0 Å². The van der Waals surface area contributed by atoms with Crippen LogP contribution in [0, 0.1) is 25.7 Å². The molecule has 1 nitrogen and oxygen atoms in total. The van der Waals surface area contributed by atoms with Gasteiger partial charge in [0, 0.05) is 18.5 Å². The van der Waals surface area contributed by atoms with E-state index in [-0.39, 0.29) is 0 Å². The van der Waals surface area contributed by atoms with Crippen molar-refractivity contribution in [2.45, 2.75) is 20.3 Å². The van der Waals surface area contributed by atoms with Gasteiger partial charge in [0.25, 0.3) is 0 Å². The van der Waals surface area contributed by atoms with Crippen LogP contribution in [0.5, 0.6) is 0 Å². The van der Waals surface area contributed by atoms with Crippen molar-refractivity contribution in [3.63, 3.8) is 0 Å². The summed E-state index contributed by atoms with van der Waals surface area (Å²) < 4.78 is 0. The molecule has 0 spiro atoms. The van der Waals surface area contributed by atoms with Crippen molar-refractivity contribution in [1.82, 2.24) is 0 Å². The van der Waals surface area contributed by atoms with Crippen LogP contribution in [0.25, 0.3) is 0 Å². The fraction of sp³-hybridized carbons (Fsp3) is 0.333. The summed E-state index contributed by atoms with van der Waals surface area (Å²) in [7, 11) is 0. The first-order valence-corrected chi connectivity index (χ1v) is 4.51. The molecule has 1 aromatic carbocycles. The summed E-state index contributed by atoms with van der Waals surface area (Å²) in [5.41, 5.74) is 9.04. The predicted molar refractivity (Wildman–Crippen MR) is 56.5 cm³/mol. The summed E-state index contributed by atoms with van der Waals surface area (Å²) in [6.07, 6.45) is 0.771. The lowest BCUT2D eigenvalue weighted by molar-refractivity contribution is 1.03. The summed E-state index contributed by atoms with van der Waals surface area (Å²) in [6.45, 7) is 4.84. The van der Waals surface area contributed by atoms with Crippen LogP contribution in [0.4, 0.5) is 0 Å². The minimum atomic E-state index is 0.637. The topological polar surface area (TPSA) is 26.0 Å². The average Bonchev–Trinajstić information content (AvgIpc) is 2.13. The zero-order valence-corrected chi connectivity index (χ0v) is 8.22. The molecule has 0 aromatic heterocycles. The molecule has 0 bridgehead atoms. The standard InChI is InChI=1S/C12H15N/c1-10-6-5-8-12(11(10)2)7-3-4-9-13/h5-6,8H,4,9,13H2,1-2H3. The Morgan fingerprint density at radius 3 is 2.77 bits per heavy atom. The van der Waals surface area contributed by atoms with Gasteiger partial charge in [0.05, 0.1) is 0 Å². The van der Waals surface area contributed by atoms with E-state index in [0.717, 1.165) is 12.0 Å². The number of benzene rings is 1.